The summed E-state index contributed by atoms with van der Waals surface area (Å²) in [5, 5.41) is 18.9. The van der Waals surface area contributed by atoms with Gasteiger partial charge < -0.3 is 10.4 Å². The van der Waals surface area contributed by atoms with Crippen LogP contribution in [-0.2, 0) is 24.7 Å². The molecule has 2 aromatic carbocycles. The summed E-state index contributed by atoms with van der Waals surface area (Å²) in [5.41, 5.74) is 1.78. The first kappa shape index (κ1) is 14.9. The van der Waals surface area contributed by atoms with E-state index in [9.17, 15) is 9.90 Å². The Labute approximate surface area is 139 Å². The molecule has 1 aliphatic rings. The molecule has 4 rings (SSSR count). The minimum absolute atomic E-state index is 0.333. The molecule has 0 radical (unpaired) electrons. The molecule has 5 heteroatoms. The number of rotatable bonds is 2. The van der Waals surface area contributed by atoms with E-state index < -0.39 is 5.60 Å². The van der Waals surface area contributed by atoms with Gasteiger partial charge in [-0.1, -0.05) is 36.4 Å². The van der Waals surface area contributed by atoms with Crippen molar-refractivity contribution in [2.75, 3.05) is 5.32 Å². The molecule has 1 aromatic heterocycles. The fourth-order valence-corrected chi connectivity index (χ4v) is 3.44. The van der Waals surface area contributed by atoms with Gasteiger partial charge in [0.15, 0.2) is 5.82 Å². The van der Waals surface area contributed by atoms with E-state index in [0.717, 1.165) is 16.5 Å². The summed E-state index contributed by atoms with van der Waals surface area (Å²) in [6, 6.07) is 15.7. The van der Waals surface area contributed by atoms with Crippen molar-refractivity contribution in [1.29, 1.82) is 0 Å². The van der Waals surface area contributed by atoms with Crippen LogP contribution < -0.4 is 5.32 Å². The quantitative estimate of drug-likeness (QED) is 0.762. The smallest absolute Gasteiger partial charge is 0.257 e. The van der Waals surface area contributed by atoms with E-state index in [0.29, 0.717) is 25.1 Å². The highest BCUT2D eigenvalue weighted by Crippen LogP contribution is 2.30. The van der Waals surface area contributed by atoms with Gasteiger partial charge in [-0.2, -0.15) is 5.10 Å². The van der Waals surface area contributed by atoms with E-state index in [2.05, 4.69) is 16.5 Å². The van der Waals surface area contributed by atoms with Crippen LogP contribution in [0.4, 0.5) is 5.82 Å². The first-order valence-corrected chi connectivity index (χ1v) is 8.09. The van der Waals surface area contributed by atoms with Crippen LogP contribution in [0.5, 0.6) is 0 Å². The number of nitrogens with one attached hydrogen (secondary N) is 1. The zero-order chi connectivity index (χ0) is 16.7. The van der Waals surface area contributed by atoms with Crippen LogP contribution in [0.25, 0.3) is 10.9 Å². The van der Waals surface area contributed by atoms with Crippen molar-refractivity contribution in [3.63, 3.8) is 0 Å². The van der Waals surface area contributed by atoms with Crippen LogP contribution in [-0.4, -0.2) is 26.4 Å². The second kappa shape index (κ2) is 5.46. The summed E-state index contributed by atoms with van der Waals surface area (Å²) in [5.74, 6) is 0.103. The highest BCUT2D eigenvalue weighted by molar-refractivity contribution is 6.03. The Balaban J connectivity index is 1.62. The SMILES string of the molecule is Cn1nc(NC(=O)C2(O)CCc3ccccc3C2)c2ccccc21. The van der Waals surface area contributed by atoms with Gasteiger partial charge in [-0.25, -0.2) is 0 Å². The van der Waals surface area contributed by atoms with Crippen molar-refractivity contribution in [3.8, 4) is 0 Å². The van der Waals surface area contributed by atoms with Crippen LogP contribution in [0.1, 0.15) is 17.5 Å². The predicted molar refractivity (Wildman–Crippen MR) is 92.8 cm³/mol. The monoisotopic (exact) mass is 321 g/mol. The molecule has 1 amide bonds. The summed E-state index contributed by atoms with van der Waals surface area (Å²) in [7, 11) is 1.84. The molecule has 0 spiro atoms. The van der Waals surface area contributed by atoms with Crippen molar-refractivity contribution in [2.45, 2.75) is 24.9 Å². The van der Waals surface area contributed by atoms with Crippen LogP contribution in [0.2, 0.25) is 0 Å². The number of carbonyl (C=O) groups excluding carboxylic acids is 1. The van der Waals surface area contributed by atoms with Crippen LogP contribution in [0, 0.1) is 0 Å². The van der Waals surface area contributed by atoms with E-state index in [1.165, 1.54) is 5.56 Å². The Morgan fingerprint density at radius 2 is 1.88 bits per heavy atom. The lowest BCUT2D eigenvalue weighted by Gasteiger charge is -2.31. The number of aliphatic hydroxyl groups is 1. The van der Waals surface area contributed by atoms with Crippen LogP contribution in [0.3, 0.4) is 0 Å². The van der Waals surface area contributed by atoms with Gasteiger partial charge in [0.25, 0.3) is 5.91 Å². The number of nitrogens with zero attached hydrogens (tertiary/aromatic N) is 2. The molecule has 1 unspecified atom stereocenters. The maximum atomic E-state index is 12.7. The van der Waals surface area contributed by atoms with Crippen molar-refractivity contribution in [3.05, 3.63) is 59.7 Å². The molecule has 0 bridgehead atoms. The molecule has 0 aliphatic heterocycles. The van der Waals surface area contributed by atoms with Gasteiger partial charge in [0.2, 0.25) is 0 Å². The zero-order valence-electron chi connectivity index (χ0n) is 13.5. The van der Waals surface area contributed by atoms with E-state index in [1.807, 2.05) is 49.5 Å². The highest BCUT2D eigenvalue weighted by Gasteiger charge is 2.39. The molecule has 122 valence electrons. The molecule has 0 saturated carbocycles. The average Bonchev–Trinajstić information content (AvgIpc) is 2.91. The number of hydrogen-bond donors (Lipinski definition) is 2. The molecule has 5 nitrogen and oxygen atoms in total. The lowest BCUT2D eigenvalue weighted by Crippen LogP contribution is -2.47. The van der Waals surface area contributed by atoms with Crippen molar-refractivity contribution in [2.24, 2.45) is 7.05 Å². The van der Waals surface area contributed by atoms with Crippen molar-refractivity contribution >= 4 is 22.6 Å². The van der Waals surface area contributed by atoms with Crippen molar-refractivity contribution < 1.29 is 9.90 Å². The Morgan fingerprint density at radius 3 is 2.71 bits per heavy atom. The van der Waals surface area contributed by atoms with E-state index >= 15 is 0 Å². The number of carbonyl (C=O) groups is 1. The third-order valence-electron chi connectivity index (χ3n) is 4.82. The Kier molecular flexibility index (Phi) is 3.39. The van der Waals surface area contributed by atoms with Gasteiger partial charge in [0.05, 0.1) is 5.52 Å². The standard InChI is InChI=1S/C19H19N3O2/c1-22-16-9-5-4-8-15(16)17(21-22)20-18(23)19(24)11-10-13-6-2-3-7-14(13)12-19/h2-9,24H,10-12H2,1H3,(H,20,21,23). The number of hydrogen-bond acceptors (Lipinski definition) is 3. The van der Waals surface area contributed by atoms with Gasteiger partial charge in [-0.3, -0.25) is 9.48 Å². The number of anilines is 1. The molecular formula is C19H19N3O2. The van der Waals surface area contributed by atoms with Crippen LogP contribution >= 0.6 is 0 Å². The number of benzene rings is 2. The second-order valence-corrected chi connectivity index (χ2v) is 6.42. The summed E-state index contributed by atoms with van der Waals surface area (Å²) in [4.78, 5) is 12.7. The minimum Gasteiger partial charge on any atom is -0.380 e. The third kappa shape index (κ3) is 2.37. The summed E-state index contributed by atoms with van der Waals surface area (Å²) in [6.45, 7) is 0. The van der Waals surface area contributed by atoms with E-state index in [1.54, 1.807) is 4.68 Å². The van der Waals surface area contributed by atoms with E-state index in [4.69, 9.17) is 0 Å². The molecule has 2 N–H and O–H groups in total. The molecule has 1 aliphatic carbocycles. The van der Waals surface area contributed by atoms with Gasteiger partial charge in [-0.15, -0.1) is 0 Å². The lowest BCUT2D eigenvalue weighted by atomic mass is 9.80. The Bertz CT molecular complexity index is 931. The first-order chi connectivity index (χ1) is 11.6. The fourth-order valence-electron chi connectivity index (χ4n) is 3.44. The maximum absolute atomic E-state index is 12.7. The Hall–Kier alpha value is -2.66. The average molecular weight is 321 g/mol. The molecule has 0 saturated heterocycles. The number of fused-ring (bicyclic) bond motifs is 2. The molecule has 0 fully saturated rings. The van der Waals surface area contributed by atoms with Gasteiger partial charge >= 0.3 is 0 Å². The molecular weight excluding hydrogens is 302 g/mol. The summed E-state index contributed by atoms with van der Waals surface area (Å²) in [6.07, 6.45) is 1.45. The topological polar surface area (TPSA) is 67.2 Å². The maximum Gasteiger partial charge on any atom is 0.257 e. The van der Waals surface area contributed by atoms with Crippen LogP contribution in [0.15, 0.2) is 48.5 Å². The minimum atomic E-state index is -1.40. The number of amides is 1. The largest absolute Gasteiger partial charge is 0.380 e. The lowest BCUT2D eigenvalue weighted by molar-refractivity contribution is -0.135. The molecule has 1 heterocycles. The predicted octanol–water partition coefficient (Wildman–Crippen LogP) is 2.43. The van der Waals surface area contributed by atoms with E-state index in [-0.39, 0.29) is 5.91 Å². The third-order valence-corrected chi connectivity index (χ3v) is 4.82. The number of para-hydroxylation sites is 1. The summed E-state index contributed by atoms with van der Waals surface area (Å²) < 4.78 is 1.73. The zero-order valence-corrected chi connectivity index (χ0v) is 13.5. The highest BCUT2D eigenvalue weighted by atomic mass is 16.3. The molecule has 3 aromatic rings. The second-order valence-electron chi connectivity index (χ2n) is 6.42. The van der Waals surface area contributed by atoms with Gasteiger partial charge in [-0.05, 0) is 36.1 Å². The summed E-state index contributed by atoms with van der Waals surface area (Å²) >= 11 is 0. The Morgan fingerprint density at radius 1 is 1.17 bits per heavy atom. The molecule has 1 atom stereocenters. The fraction of sp³-hybridized carbons (Fsp3) is 0.263. The number of aryl methyl sites for hydroxylation is 2. The number of aromatic nitrogens is 2. The first-order valence-electron chi connectivity index (χ1n) is 8.09. The molecule has 24 heavy (non-hydrogen) atoms. The normalized spacial score (nSPS) is 19.9. The van der Waals surface area contributed by atoms with Crippen molar-refractivity contribution in [1.82, 2.24) is 9.78 Å². The van der Waals surface area contributed by atoms with Gasteiger partial charge in [0, 0.05) is 18.9 Å². The van der Waals surface area contributed by atoms with Gasteiger partial charge in [0.1, 0.15) is 5.60 Å².